The van der Waals surface area contributed by atoms with E-state index in [4.69, 9.17) is 16.6 Å². The van der Waals surface area contributed by atoms with Crippen molar-refractivity contribution in [1.29, 1.82) is 0 Å². The summed E-state index contributed by atoms with van der Waals surface area (Å²) in [6.07, 6.45) is 4.85. The highest BCUT2D eigenvalue weighted by Gasteiger charge is 2.24. The van der Waals surface area contributed by atoms with Gasteiger partial charge in [0.15, 0.2) is 0 Å². The van der Waals surface area contributed by atoms with Gasteiger partial charge in [0.2, 0.25) is 0 Å². The monoisotopic (exact) mass is 288 g/mol. The number of pyridine rings is 1. The number of alkyl halides is 1. The van der Waals surface area contributed by atoms with Gasteiger partial charge in [0.25, 0.3) is 0 Å². The number of hydrogen-bond donors (Lipinski definition) is 0. The molecule has 0 radical (unpaired) electrons. The van der Waals surface area contributed by atoms with E-state index >= 15 is 0 Å². The first-order chi connectivity index (χ1) is 9.79. The molecule has 1 aliphatic rings. The maximum absolute atomic E-state index is 5.98. The van der Waals surface area contributed by atoms with Crippen molar-refractivity contribution < 1.29 is 0 Å². The number of benzene rings is 1. The summed E-state index contributed by atoms with van der Waals surface area (Å²) in [6, 6.07) is 11.2. The topological polar surface area (TPSA) is 16.1 Å². The van der Waals surface area contributed by atoms with Crippen LogP contribution >= 0.6 is 11.6 Å². The SMILES string of the molecule is Cc1cc2ccccc2nc1N1CCCCC1CCCl. The quantitative estimate of drug-likeness (QED) is 0.771. The van der Waals surface area contributed by atoms with Gasteiger partial charge in [0, 0.05) is 23.9 Å². The Balaban J connectivity index is 2.00. The van der Waals surface area contributed by atoms with Gasteiger partial charge < -0.3 is 4.90 Å². The van der Waals surface area contributed by atoms with Crippen molar-refractivity contribution in [2.24, 2.45) is 0 Å². The number of aromatic nitrogens is 1. The molecule has 106 valence electrons. The molecule has 1 aliphatic heterocycles. The molecule has 0 bridgehead atoms. The molecule has 3 heteroatoms. The first-order valence-corrected chi connectivity index (χ1v) is 8.02. The van der Waals surface area contributed by atoms with Gasteiger partial charge in [-0.2, -0.15) is 0 Å². The van der Waals surface area contributed by atoms with Crippen molar-refractivity contribution in [1.82, 2.24) is 4.98 Å². The van der Waals surface area contributed by atoms with Crippen molar-refractivity contribution in [3.63, 3.8) is 0 Å². The highest BCUT2D eigenvalue weighted by Crippen LogP contribution is 2.29. The van der Waals surface area contributed by atoms with E-state index in [2.05, 4.69) is 42.2 Å². The molecule has 1 aromatic heterocycles. The fourth-order valence-corrected chi connectivity index (χ4v) is 3.46. The van der Waals surface area contributed by atoms with E-state index < -0.39 is 0 Å². The summed E-state index contributed by atoms with van der Waals surface area (Å²) in [6.45, 7) is 3.27. The highest BCUT2D eigenvalue weighted by molar-refractivity contribution is 6.17. The lowest BCUT2D eigenvalue weighted by molar-refractivity contribution is 0.448. The second-order valence-corrected chi connectivity index (χ2v) is 6.02. The number of anilines is 1. The predicted octanol–water partition coefficient (Wildman–Crippen LogP) is 4.53. The molecular formula is C17H21ClN2. The van der Waals surface area contributed by atoms with Crippen LogP contribution in [0.25, 0.3) is 10.9 Å². The van der Waals surface area contributed by atoms with Crippen molar-refractivity contribution >= 4 is 28.3 Å². The Bertz CT molecular complexity index is 595. The number of fused-ring (bicyclic) bond motifs is 1. The second-order valence-electron chi connectivity index (χ2n) is 5.64. The van der Waals surface area contributed by atoms with Crippen LogP contribution in [0, 0.1) is 6.92 Å². The molecule has 0 saturated carbocycles. The molecule has 20 heavy (non-hydrogen) atoms. The largest absolute Gasteiger partial charge is 0.353 e. The molecule has 1 atom stereocenters. The van der Waals surface area contributed by atoms with Crippen LogP contribution < -0.4 is 4.90 Å². The number of para-hydroxylation sites is 1. The molecule has 2 heterocycles. The van der Waals surface area contributed by atoms with Gasteiger partial charge in [-0.3, -0.25) is 0 Å². The average molecular weight is 289 g/mol. The molecule has 0 spiro atoms. The third kappa shape index (κ3) is 2.62. The third-order valence-corrected chi connectivity index (χ3v) is 4.45. The fourth-order valence-electron chi connectivity index (χ4n) is 3.21. The van der Waals surface area contributed by atoms with Crippen molar-refractivity contribution in [2.75, 3.05) is 17.3 Å². The molecule has 3 rings (SSSR count). The fraction of sp³-hybridized carbons (Fsp3) is 0.471. The van der Waals surface area contributed by atoms with Crippen molar-refractivity contribution in [3.8, 4) is 0 Å². The molecule has 0 N–H and O–H groups in total. The molecule has 1 aromatic carbocycles. The van der Waals surface area contributed by atoms with Crippen molar-refractivity contribution in [2.45, 2.75) is 38.6 Å². The Morgan fingerprint density at radius 1 is 1.30 bits per heavy atom. The van der Waals surface area contributed by atoms with E-state index in [1.165, 1.54) is 30.2 Å². The van der Waals surface area contributed by atoms with Crippen LogP contribution in [-0.4, -0.2) is 23.5 Å². The Hall–Kier alpha value is -1.28. The van der Waals surface area contributed by atoms with Gasteiger partial charge >= 0.3 is 0 Å². The molecule has 1 saturated heterocycles. The number of nitrogens with zero attached hydrogens (tertiary/aromatic N) is 2. The van der Waals surface area contributed by atoms with Gasteiger partial charge in [-0.05, 0) is 50.3 Å². The molecule has 1 unspecified atom stereocenters. The number of piperidine rings is 1. The first-order valence-electron chi connectivity index (χ1n) is 7.48. The molecule has 1 fully saturated rings. The molecule has 0 amide bonds. The molecule has 0 aliphatic carbocycles. The van der Waals surface area contributed by atoms with E-state index in [0.29, 0.717) is 6.04 Å². The van der Waals surface area contributed by atoms with Crippen LogP contribution in [-0.2, 0) is 0 Å². The van der Waals surface area contributed by atoms with E-state index in [-0.39, 0.29) is 0 Å². The van der Waals surface area contributed by atoms with E-state index in [1.807, 2.05) is 0 Å². The Labute approximate surface area is 125 Å². The summed E-state index contributed by atoms with van der Waals surface area (Å²) in [4.78, 5) is 7.39. The molecule has 2 aromatic rings. The molecular weight excluding hydrogens is 268 g/mol. The summed E-state index contributed by atoms with van der Waals surface area (Å²) in [7, 11) is 0. The summed E-state index contributed by atoms with van der Waals surface area (Å²) < 4.78 is 0. The standard InChI is InChI=1S/C17H21ClN2/c1-13-12-14-6-2-3-8-16(14)19-17(13)20-11-5-4-7-15(20)9-10-18/h2-3,6,8,12,15H,4-5,7,9-11H2,1H3. The highest BCUT2D eigenvalue weighted by atomic mass is 35.5. The maximum Gasteiger partial charge on any atom is 0.132 e. The van der Waals surface area contributed by atoms with Gasteiger partial charge in [0.05, 0.1) is 5.52 Å². The van der Waals surface area contributed by atoms with Crippen LogP contribution in [0.5, 0.6) is 0 Å². The van der Waals surface area contributed by atoms with Gasteiger partial charge in [-0.25, -0.2) is 4.98 Å². The second kappa shape index (κ2) is 6.01. The van der Waals surface area contributed by atoms with E-state index in [1.54, 1.807) is 0 Å². The number of aryl methyl sites for hydroxylation is 1. The lowest BCUT2D eigenvalue weighted by Gasteiger charge is -2.37. The maximum atomic E-state index is 5.98. The van der Waals surface area contributed by atoms with Crippen LogP contribution in [0.4, 0.5) is 5.82 Å². The smallest absolute Gasteiger partial charge is 0.132 e. The average Bonchev–Trinajstić information content (AvgIpc) is 2.48. The minimum absolute atomic E-state index is 0.550. The lowest BCUT2D eigenvalue weighted by atomic mass is 9.99. The predicted molar refractivity (Wildman–Crippen MR) is 86.8 cm³/mol. The summed E-state index contributed by atoms with van der Waals surface area (Å²) >= 11 is 5.98. The van der Waals surface area contributed by atoms with Gasteiger partial charge in [-0.15, -0.1) is 11.6 Å². The Morgan fingerprint density at radius 2 is 2.15 bits per heavy atom. The number of halogens is 1. The van der Waals surface area contributed by atoms with Crippen LogP contribution in [0.2, 0.25) is 0 Å². The Morgan fingerprint density at radius 3 is 3.00 bits per heavy atom. The third-order valence-electron chi connectivity index (χ3n) is 4.23. The summed E-state index contributed by atoms with van der Waals surface area (Å²) in [5, 5.41) is 1.22. The zero-order chi connectivity index (χ0) is 13.9. The zero-order valence-electron chi connectivity index (χ0n) is 12.0. The van der Waals surface area contributed by atoms with Gasteiger partial charge in [0.1, 0.15) is 5.82 Å². The van der Waals surface area contributed by atoms with Crippen LogP contribution in [0.3, 0.4) is 0 Å². The first kappa shape index (κ1) is 13.7. The summed E-state index contributed by atoms with van der Waals surface area (Å²) in [5.41, 5.74) is 2.36. The van der Waals surface area contributed by atoms with E-state index in [9.17, 15) is 0 Å². The minimum Gasteiger partial charge on any atom is -0.353 e. The van der Waals surface area contributed by atoms with Crippen molar-refractivity contribution in [3.05, 3.63) is 35.9 Å². The van der Waals surface area contributed by atoms with Gasteiger partial charge in [-0.1, -0.05) is 18.2 Å². The lowest BCUT2D eigenvalue weighted by Crippen LogP contribution is -2.40. The normalized spacial score (nSPS) is 19.5. The summed E-state index contributed by atoms with van der Waals surface area (Å²) in [5.74, 6) is 1.88. The molecule has 2 nitrogen and oxygen atoms in total. The minimum atomic E-state index is 0.550. The van der Waals surface area contributed by atoms with E-state index in [0.717, 1.165) is 30.2 Å². The zero-order valence-corrected chi connectivity index (χ0v) is 12.7. The Kier molecular flexibility index (Phi) is 4.11. The number of rotatable bonds is 3. The van der Waals surface area contributed by atoms with Crippen LogP contribution in [0.1, 0.15) is 31.2 Å². The van der Waals surface area contributed by atoms with Crippen LogP contribution in [0.15, 0.2) is 30.3 Å². The number of hydrogen-bond acceptors (Lipinski definition) is 2.